The summed E-state index contributed by atoms with van der Waals surface area (Å²) in [7, 11) is 0. The predicted molar refractivity (Wildman–Crippen MR) is 104 cm³/mol. The van der Waals surface area contributed by atoms with Gasteiger partial charge in [0.1, 0.15) is 0 Å². The second kappa shape index (κ2) is 8.05. The number of carbonyl (C=O) groups excluding carboxylic acids is 1. The first-order chi connectivity index (χ1) is 12.1. The molecule has 1 aliphatic rings. The molecule has 25 heavy (non-hydrogen) atoms. The van der Waals surface area contributed by atoms with Crippen molar-refractivity contribution >= 4 is 16.8 Å². The Hall–Kier alpha value is -1.81. The van der Waals surface area contributed by atoms with Crippen molar-refractivity contribution in [3.05, 3.63) is 36.0 Å². The number of hydrogen-bond donors (Lipinski definition) is 0. The van der Waals surface area contributed by atoms with Crippen molar-refractivity contribution in [2.24, 2.45) is 5.92 Å². The second-order valence-electron chi connectivity index (χ2n) is 7.57. The molecular weight excluding hydrogens is 310 g/mol. The Morgan fingerprint density at radius 2 is 1.88 bits per heavy atom. The van der Waals surface area contributed by atoms with Crippen LogP contribution in [0.5, 0.6) is 0 Å². The average molecular weight is 341 g/mol. The topological polar surface area (TPSA) is 28.5 Å². The maximum Gasteiger partial charge on any atom is 0.222 e. The number of amides is 1. The molecule has 0 radical (unpaired) electrons. The summed E-state index contributed by atoms with van der Waals surface area (Å²) in [5.41, 5.74) is 2.53. The molecule has 1 fully saturated rings. The lowest BCUT2D eigenvalue weighted by Crippen LogP contribution is -2.49. The van der Waals surface area contributed by atoms with Crippen LogP contribution in [0.2, 0.25) is 0 Å². The Labute approximate surface area is 151 Å². The number of rotatable bonds is 6. The van der Waals surface area contributed by atoms with Gasteiger partial charge in [-0.3, -0.25) is 9.69 Å². The molecule has 0 bridgehead atoms. The van der Waals surface area contributed by atoms with E-state index in [0.717, 1.165) is 45.7 Å². The predicted octanol–water partition coefficient (Wildman–Crippen LogP) is 3.39. The van der Waals surface area contributed by atoms with Crippen LogP contribution in [0.15, 0.2) is 30.5 Å². The molecule has 136 valence electrons. The van der Waals surface area contributed by atoms with E-state index in [1.807, 2.05) is 4.90 Å². The van der Waals surface area contributed by atoms with E-state index in [1.165, 1.54) is 16.5 Å². The highest BCUT2D eigenvalue weighted by molar-refractivity contribution is 5.81. The van der Waals surface area contributed by atoms with Gasteiger partial charge >= 0.3 is 0 Å². The smallest absolute Gasteiger partial charge is 0.222 e. The Balaban J connectivity index is 1.52. The fraction of sp³-hybridized carbons (Fsp3) is 0.571. The Kier molecular flexibility index (Phi) is 5.79. The van der Waals surface area contributed by atoms with Gasteiger partial charge < -0.3 is 9.47 Å². The van der Waals surface area contributed by atoms with Gasteiger partial charge in [0.25, 0.3) is 0 Å². The van der Waals surface area contributed by atoms with Gasteiger partial charge in [-0.05, 0) is 42.3 Å². The Morgan fingerprint density at radius 3 is 2.56 bits per heavy atom. The summed E-state index contributed by atoms with van der Waals surface area (Å²) in [6.07, 6.45) is 3.58. The van der Waals surface area contributed by atoms with Crippen molar-refractivity contribution in [1.29, 1.82) is 0 Å². The van der Waals surface area contributed by atoms with Gasteiger partial charge in [-0.1, -0.05) is 26.0 Å². The Bertz CT molecular complexity index is 711. The van der Waals surface area contributed by atoms with Crippen LogP contribution in [0.25, 0.3) is 10.9 Å². The molecule has 1 saturated heterocycles. The maximum absolute atomic E-state index is 12.5. The van der Waals surface area contributed by atoms with Gasteiger partial charge in [0.15, 0.2) is 0 Å². The van der Waals surface area contributed by atoms with Crippen LogP contribution in [0.3, 0.4) is 0 Å². The van der Waals surface area contributed by atoms with E-state index in [0.29, 0.717) is 18.2 Å². The molecule has 2 heterocycles. The number of hydrogen-bond acceptors (Lipinski definition) is 2. The van der Waals surface area contributed by atoms with Crippen molar-refractivity contribution in [3.8, 4) is 0 Å². The van der Waals surface area contributed by atoms with E-state index in [1.54, 1.807) is 0 Å². The number of aryl methyl sites for hydroxylation is 2. The van der Waals surface area contributed by atoms with Crippen molar-refractivity contribution < 1.29 is 4.79 Å². The number of nitrogens with zero attached hydrogens (tertiary/aromatic N) is 3. The summed E-state index contributed by atoms with van der Waals surface area (Å²) in [5, 5.41) is 1.28. The van der Waals surface area contributed by atoms with Crippen molar-refractivity contribution in [2.75, 3.05) is 32.7 Å². The first-order valence-corrected chi connectivity index (χ1v) is 9.64. The minimum Gasteiger partial charge on any atom is -0.348 e. The lowest BCUT2D eigenvalue weighted by molar-refractivity contribution is -0.132. The van der Waals surface area contributed by atoms with Crippen LogP contribution in [-0.2, 0) is 17.8 Å². The fourth-order valence-electron chi connectivity index (χ4n) is 3.77. The maximum atomic E-state index is 12.5. The van der Waals surface area contributed by atoms with Gasteiger partial charge in [-0.2, -0.15) is 0 Å². The molecule has 1 aromatic heterocycles. The van der Waals surface area contributed by atoms with Crippen LogP contribution < -0.4 is 0 Å². The molecule has 4 nitrogen and oxygen atoms in total. The van der Waals surface area contributed by atoms with Crippen molar-refractivity contribution in [2.45, 2.75) is 40.2 Å². The van der Waals surface area contributed by atoms with Gasteiger partial charge in [0.05, 0.1) is 0 Å². The largest absolute Gasteiger partial charge is 0.348 e. The summed E-state index contributed by atoms with van der Waals surface area (Å²) in [6, 6.07) is 8.74. The van der Waals surface area contributed by atoms with Gasteiger partial charge in [0, 0.05) is 57.4 Å². The number of fused-ring (bicyclic) bond motifs is 1. The number of aromatic nitrogens is 1. The molecule has 0 saturated carbocycles. The number of piperazine rings is 1. The minimum absolute atomic E-state index is 0.301. The number of carbonyl (C=O) groups is 1. The molecule has 0 unspecified atom stereocenters. The Morgan fingerprint density at radius 1 is 1.12 bits per heavy atom. The summed E-state index contributed by atoms with van der Waals surface area (Å²) >= 11 is 0. The summed E-state index contributed by atoms with van der Waals surface area (Å²) in [5.74, 6) is 0.995. The molecular formula is C21H31N3O. The van der Waals surface area contributed by atoms with Crippen LogP contribution >= 0.6 is 0 Å². The normalized spacial score (nSPS) is 16.1. The summed E-state index contributed by atoms with van der Waals surface area (Å²) < 4.78 is 2.26. The fourth-order valence-corrected chi connectivity index (χ4v) is 3.77. The quantitative estimate of drug-likeness (QED) is 0.806. The highest BCUT2D eigenvalue weighted by atomic mass is 16.2. The molecule has 0 atom stereocenters. The van der Waals surface area contributed by atoms with Crippen LogP contribution in [-0.4, -0.2) is 53.0 Å². The molecule has 0 spiro atoms. The van der Waals surface area contributed by atoms with Crippen LogP contribution in [0.1, 0.15) is 32.8 Å². The molecule has 1 aromatic carbocycles. The van der Waals surface area contributed by atoms with E-state index in [2.05, 4.69) is 60.7 Å². The lowest BCUT2D eigenvalue weighted by Gasteiger charge is -2.35. The van der Waals surface area contributed by atoms with Crippen molar-refractivity contribution in [1.82, 2.24) is 14.4 Å². The van der Waals surface area contributed by atoms with E-state index in [-0.39, 0.29) is 0 Å². The third-order valence-corrected chi connectivity index (χ3v) is 5.15. The van der Waals surface area contributed by atoms with E-state index in [9.17, 15) is 4.79 Å². The average Bonchev–Trinajstić information content (AvgIpc) is 3.02. The van der Waals surface area contributed by atoms with Gasteiger partial charge in [0.2, 0.25) is 5.91 Å². The van der Waals surface area contributed by atoms with Crippen LogP contribution in [0, 0.1) is 5.92 Å². The summed E-state index contributed by atoms with van der Waals surface area (Å²) in [4.78, 5) is 17.1. The first kappa shape index (κ1) is 18.0. The second-order valence-corrected chi connectivity index (χ2v) is 7.57. The first-order valence-electron chi connectivity index (χ1n) is 9.64. The van der Waals surface area contributed by atoms with Crippen LogP contribution in [0.4, 0.5) is 0 Å². The molecule has 0 aliphatic carbocycles. The van der Waals surface area contributed by atoms with Gasteiger partial charge in [-0.25, -0.2) is 0 Å². The highest BCUT2D eigenvalue weighted by Gasteiger charge is 2.21. The molecule has 4 heteroatoms. The molecule has 3 rings (SSSR count). The molecule has 0 N–H and O–H groups in total. The highest BCUT2D eigenvalue weighted by Crippen LogP contribution is 2.19. The zero-order chi connectivity index (χ0) is 17.8. The zero-order valence-electron chi connectivity index (χ0n) is 15.9. The zero-order valence-corrected chi connectivity index (χ0v) is 15.9. The monoisotopic (exact) mass is 341 g/mol. The standard InChI is InChI=1S/C21H31N3O/c1-4-23-10-9-19-7-5-18(15-20(19)23)6-8-21(25)24-13-11-22(12-14-24)16-17(2)3/h5,7,9-10,15,17H,4,6,8,11-14,16H2,1-3H3. The third kappa shape index (κ3) is 4.43. The number of benzene rings is 1. The minimum atomic E-state index is 0.301. The van der Waals surface area contributed by atoms with E-state index in [4.69, 9.17) is 0 Å². The van der Waals surface area contributed by atoms with E-state index < -0.39 is 0 Å². The van der Waals surface area contributed by atoms with Gasteiger partial charge in [-0.15, -0.1) is 0 Å². The SMILES string of the molecule is CCn1ccc2ccc(CCC(=O)N3CCN(CC(C)C)CC3)cc21. The van der Waals surface area contributed by atoms with E-state index >= 15 is 0 Å². The molecule has 1 amide bonds. The van der Waals surface area contributed by atoms with Crippen molar-refractivity contribution in [3.63, 3.8) is 0 Å². The molecule has 2 aromatic rings. The lowest BCUT2D eigenvalue weighted by atomic mass is 10.1. The molecule has 1 aliphatic heterocycles. The summed E-state index contributed by atoms with van der Waals surface area (Å²) in [6.45, 7) is 12.6. The third-order valence-electron chi connectivity index (χ3n) is 5.15.